The van der Waals surface area contributed by atoms with Gasteiger partial charge in [-0.2, -0.15) is 42.1 Å². The Kier molecular flexibility index (Phi) is 33.9. The van der Waals surface area contributed by atoms with E-state index in [0.29, 0.717) is 0 Å². The minimum Gasteiger partial charge on any atom is -0.303 e. The summed E-state index contributed by atoms with van der Waals surface area (Å²) in [4.78, 5) is 189. The number of benzene rings is 1. The van der Waals surface area contributed by atoms with Gasteiger partial charge in [-0.3, -0.25) is 57.5 Å². The lowest BCUT2D eigenvalue weighted by molar-refractivity contribution is -0.115. The summed E-state index contributed by atoms with van der Waals surface area (Å²) < 4.78 is 0.954. The molecule has 9 rings (SSSR count). The summed E-state index contributed by atoms with van der Waals surface area (Å²) in [6.45, 7) is 26.6. The van der Waals surface area contributed by atoms with Crippen molar-refractivity contribution in [2.24, 2.45) is 0 Å². The second kappa shape index (κ2) is 40.0. The summed E-state index contributed by atoms with van der Waals surface area (Å²) in [6, 6.07) is 18.2. The molecular weight excluding hydrogens is 1800 g/mol. The van der Waals surface area contributed by atoms with E-state index < -0.39 is 155 Å². The van der Waals surface area contributed by atoms with Gasteiger partial charge < -0.3 is 19.2 Å². The van der Waals surface area contributed by atoms with Crippen LogP contribution in [0.15, 0.2) is 186 Å². The predicted octanol–water partition coefficient (Wildman–Crippen LogP) is 10.9. The van der Waals surface area contributed by atoms with E-state index in [-0.39, 0.29) is 74.5 Å². The number of nitriles is 8. The van der Waals surface area contributed by atoms with Gasteiger partial charge in [0.15, 0.2) is 34.7 Å². The number of hydrogen-bond donors (Lipinski definition) is 0. The normalized spacial score (nSPS) is 16.7. The number of carbonyl (C=O) groups excluding carboxylic acids is 16. The number of allylic oxidation sites excluding steroid dienone is 26. The molecule has 0 bridgehead atoms. The number of rotatable bonds is 0. The fourth-order valence-corrected chi connectivity index (χ4v) is 10.5. The van der Waals surface area contributed by atoms with E-state index in [1.54, 1.807) is 24.3 Å². The van der Waals surface area contributed by atoms with Crippen LogP contribution in [0.1, 0.15) is 20.7 Å². The van der Waals surface area contributed by atoms with Gasteiger partial charge >= 0.3 is 0 Å². The molecule has 104 heavy (non-hydrogen) atoms. The van der Waals surface area contributed by atoms with Crippen LogP contribution in [-0.2, 0) is 67.1 Å². The van der Waals surface area contributed by atoms with Crippen LogP contribution in [0, 0.1) is 117 Å². The van der Waals surface area contributed by atoms with E-state index in [1.807, 2.05) is 0 Å². The van der Waals surface area contributed by atoms with Crippen molar-refractivity contribution in [3.63, 3.8) is 0 Å². The van der Waals surface area contributed by atoms with Crippen LogP contribution >= 0.6 is 157 Å². The first kappa shape index (κ1) is 88.2. The molecule has 0 aliphatic heterocycles. The molecule has 0 atom stereocenters. The number of carbonyl (C=O) groups is 16. The van der Waals surface area contributed by atoms with E-state index in [4.69, 9.17) is 161 Å². The van der Waals surface area contributed by atoms with E-state index >= 15 is 0 Å². The molecule has 8 aliphatic carbocycles. The minimum atomic E-state index is -1.04. The van der Waals surface area contributed by atoms with E-state index in [0.717, 1.165) is 12.2 Å². The van der Waals surface area contributed by atoms with Crippen LogP contribution in [-0.4, -0.2) is 92.5 Å². The molecule has 28 nitrogen and oxygen atoms in total. The first-order chi connectivity index (χ1) is 48.8. The lowest BCUT2D eigenvalue weighted by atomic mass is 9.85. The average molecular weight is 1810 g/mol. The Hall–Kier alpha value is -11.8. The summed E-state index contributed by atoms with van der Waals surface area (Å²) in [5.41, 5.74) is -5.98. The molecule has 1 aromatic rings. The van der Waals surface area contributed by atoms with Crippen molar-refractivity contribution < 1.29 is 76.7 Å². The number of ketones is 16. The van der Waals surface area contributed by atoms with E-state index in [2.05, 4.69) is 83.1 Å². The van der Waals surface area contributed by atoms with Gasteiger partial charge in [0, 0.05) is 11.1 Å². The zero-order valence-electron chi connectivity index (χ0n) is 49.2. The SMILES string of the molecule is N#CC1=C(C#N)C(=O)C=CC1=O.N#CC1=C(C#N)C(=O)c2ccccc2C1=O.O=C1C(Br)=C(Br)C(=O)C(Br)=C1Br.O=C1C(Cl)=C(Cl)C(=O)C(Cl)=C1Cl.O=C1C=CC(=O)C=C1.[C-]#[N+]C1=C(Cl)C(=O)C(C#N)=C(Cl)C1=O.[C-]#[N+]C1=C(Cl)C(=O)C(C#N)=C(Cl)C1=O.[C-]#[N+]C1=C([N+]#[C-])C(=O)C(C#N)=C(C#N)C1=O. The number of fused-ring (bicyclic) bond motifs is 1. The lowest BCUT2D eigenvalue weighted by Crippen LogP contribution is -2.20. The number of nitrogens with zero attached hydrogens (tertiary/aromatic N) is 12. The summed E-state index contributed by atoms with van der Waals surface area (Å²) in [7, 11) is 0. The van der Waals surface area contributed by atoms with Crippen LogP contribution < -0.4 is 0 Å². The molecule has 1 aromatic carbocycles. The maximum absolute atomic E-state index is 11.8. The highest BCUT2D eigenvalue weighted by Crippen LogP contribution is 2.38. The molecule has 0 saturated carbocycles. The van der Waals surface area contributed by atoms with Crippen molar-refractivity contribution in [1.82, 2.24) is 0 Å². The quantitative estimate of drug-likeness (QED) is 0.172. The Labute approximate surface area is 653 Å². The van der Waals surface area contributed by atoms with Gasteiger partial charge in [-0.25, -0.2) is 19.4 Å². The molecular formula is C64H10Br4Cl8N12O16. The van der Waals surface area contributed by atoms with Gasteiger partial charge in [-0.05, 0) is 100 Å². The molecule has 0 heterocycles. The largest absolute Gasteiger partial charge is 0.303 e. The van der Waals surface area contributed by atoms with Crippen molar-refractivity contribution in [1.29, 1.82) is 42.1 Å². The fourth-order valence-electron chi connectivity index (χ4n) is 6.77. The summed E-state index contributed by atoms with van der Waals surface area (Å²) in [6.07, 6.45) is 6.98. The smallest absolute Gasteiger partial charge is 0.257 e. The molecule has 0 amide bonds. The van der Waals surface area contributed by atoms with Gasteiger partial charge in [-0.15, -0.1) is 0 Å². The molecule has 0 N–H and O–H groups in total. The maximum atomic E-state index is 11.8. The maximum Gasteiger partial charge on any atom is 0.257 e. The second-order valence-electron chi connectivity index (χ2n) is 17.5. The zero-order chi connectivity index (χ0) is 79.8. The monoisotopic (exact) mass is 1800 g/mol. The molecule has 8 aliphatic rings. The first-order valence-corrected chi connectivity index (χ1v) is 31.4. The standard InChI is InChI=1S/C12H4N2O2.C10N4O2.2C8Cl2N2O2.C8H2N2O2.C6Br4O2.C6Cl4O2.C6H4O2/c13-5-9-10(6-14)12(16)8-4-2-1-3-7(8)11(9)15;1-13-7-8(14-2)10(16)6(4-12)5(3-11)9(7)15;2*1-12-6-5(10)7(13)3(2-11)4(9)8(6)14;9-3-5-6(4-10)8(12)2-1-7(5)11;2*7-1-2(8)6(12)4(10)3(9)5(1)11;7-5-1-2-6(8)4-3-5/h1-4H;;;;1-2H;;;1-4H. The molecule has 40 heteroatoms. The van der Waals surface area contributed by atoms with Crippen LogP contribution in [0.25, 0.3) is 19.4 Å². The van der Waals surface area contributed by atoms with Crippen molar-refractivity contribution in [3.8, 4) is 48.6 Å². The van der Waals surface area contributed by atoms with Crippen LogP contribution in [0.2, 0.25) is 0 Å². The predicted molar refractivity (Wildman–Crippen MR) is 371 cm³/mol. The molecule has 0 unspecified atom stereocenters. The van der Waals surface area contributed by atoms with Crippen molar-refractivity contribution in [3.05, 3.63) is 243 Å². The minimum absolute atomic E-state index is 0.121. The lowest BCUT2D eigenvalue weighted by Gasteiger charge is -2.12. The Morgan fingerprint density at radius 2 is 0.490 bits per heavy atom. The summed E-state index contributed by atoms with van der Waals surface area (Å²) >= 11 is 55.2. The third-order valence-corrected chi connectivity index (χ3v) is 18.8. The molecule has 0 fully saturated rings. The topological polar surface area (TPSA) is 481 Å². The van der Waals surface area contributed by atoms with E-state index in [1.165, 1.54) is 72.9 Å². The fraction of sp³-hybridized carbons (Fsp3) is 0. The highest BCUT2D eigenvalue weighted by Gasteiger charge is 2.38. The highest BCUT2D eigenvalue weighted by molar-refractivity contribution is 9.16. The number of Topliss-reactive ketones (excluding diaryl/α,β-unsaturated/α-hetero) is 12. The molecule has 0 spiro atoms. The first-order valence-electron chi connectivity index (χ1n) is 25.2. The molecule has 506 valence electrons. The molecule has 0 saturated heterocycles. The average Bonchev–Trinajstić information content (AvgIpc) is 0.786. The summed E-state index contributed by atoms with van der Waals surface area (Å²) in [5.74, 6) is -10.1. The van der Waals surface area contributed by atoms with Gasteiger partial charge in [0.1, 0.15) is 113 Å². The van der Waals surface area contributed by atoms with Crippen LogP contribution in [0.3, 0.4) is 0 Å². The van der Waals surface area contributed by atoms with Gasteiger partial charge in [0.2, 0.25) is 69.2 Å². The zero-order valence-corrected chi connectivity index (χ0v) is 61.6. The van der Waals surface area contributed by atoms with Crippen LogP contribution in [0.5, 0.6) is 0 Å². The second-order valence-corrected chi connectivity index (χ2v) is 23.7. The number of halogens is 12. The molecule has 0 aromatic heterocycles. The third kappa shape index (κ3) is 19.8. The van der Waals surface area contributed by atoms with Gasteiger partial charge in [0.25, 0.3) is 11.4 Å². The van der Waals surface area contributed by atoms with Crippen molar-refractivity contribution in [2.75, 3.05) is 0 Å². The molecule has 0 radical (unpaired) electrons. The Morgan fingerprint density at radius 1 is 0.260 bits per heavy atom. The van der Waals surface area contributed by atoms with E-state index in [9.17, 15) is 76.7 Å². The third-order valence-electron chi connectivity index (χ3n) is 11.7. The number of hydrogen-bond acceptors (Lipinski definition) is 24. The Balaban J connectivity index is 0.000000406. The Bertz CT molecular complexity index is 4910. The van der Waals surface area contributed by atoms with Crippen LogP contribution in [0.4, 0.5) is 0 Å². The van der Waals surface area contributed by atoms with Gasteiger partial charge in [-0.1, -0.05) is 117 Å². The highest BCUT2D eigenvalue weighted by atomic mass is 79.9. The van der Waals surface area contributed by atoms with Crippen molar-refractivity contribution in [2.45, 2.75) is 0 Å². The summed E-state index contributed by atoms with van der Waals surface area (Å²) in [5, 5.41) is 64.9. The van der Waals surface area contributed by atoms with Crippen molar-refractivity contribution >= 4 is 249 Å². The van der Waals surface area contributed by atoms with Gasteiger partial charge in [0.05, 0.1) is 64.3 Å². The Morgan fingerprint density at radius 3 is 0.712 bits per heavy atom.